The van der Waals surface area contributed by atoms with Gasteiger partial charge in [0.1, 0.15) is 0 Å². The molecule has 0 bridgehead atoms. The fourth-order valence-corrected chi connectivity index (χ4v) is 4.62. The van der Waals surface area contributed by atoms with E-state index in [4.69, 9.17) is 0 Å². The van der Waals surface area contributed by atoms with Gasteiger partial charge < -0.3 is 5.32 Å². The molecule has 0 aliphatic heterocycles. The molecule has 1 rings (SSSR count). The third-order valence-corrected chi connectivity index (χ3v) is 6.61. The van der Waals surface area contributed by atoms with Gasteiger partial charge in [-0.3, -0.25) is 4.79 Å². The molecule has 1 fully saturated rings. The van der Waals surface area contributed by atoms with Crippen LogP contribution in [0.25, 0.3) is 0 Å². The molecule has 0 aromatic rings. The summed E-state index contributed by atoms with van der Waals surface area (Å²) in [6.07, 6.45) is 29.7. The van der Waals surface area contributed by atoms with Gasteiger partial charge in [0.15, 0.2) is 0 Å². The number of hydrogen-bond donors (Lipinski definition) is 1. The summed E-state index contributed by atoms with van der Waals surface area (Å²) in [5.41, 5.74) is 0. The van der Waals surface area contributed by atoms with Gasteiger partial charge in [-0.05, 0) is 18.8 Å². The number of carbonyl (C=O) groups excluding carboxylic acids is 1. The Morgan fingerprint density at radius 2 is 1.11 bits per heavy atom. The van der Waals surface area contributed by atoms with Crippen LogP contribution in [-0.4, -0.2) is 12.5 Å². The number of amides is 1. The van der Waals surface area contributed by atoms with Crippen LogP contribution in [0.3, 0.4) is 0 Å². The normalized spacial score (nSPS) is 14.6. The van der Waals surface area contributed by atoms with Gasteiger partial charge in [-0.1, -0.05) is 129 Å². The summed E-state index contributed by atoms with van der Waals surface area (Å²) in [6.45, 7) is 3.18. The molecule has 0 aromatic heterocycles. The number of carbonyl (C=O) groups is 1. The molecular formula is C26H51NO. The molecule has 0 radical (unpaired) electrons. The highest BCUT2D eigenvalue weighted by atomic mass is 16.1. The van der Waals surface area contributed by atoms with Crippen LogP contribution in [0.1, 0.15) is 148 Å². The van der Waals surface area contributed by atoms with Crippen molar-refractivity contribution in [2.24, 2.45) is 5.92 Å². The molecule has 0 unspecified atom stereocenters. The van der Waals surface area contributed by atoms with Crippen molar-refractivity contribution in [1.82, 2.24) is 5.32 Å². The molecule has 0 saturated heterocycles. The van der Waals surface area contributed by atoms with E-state index in [1.807, 2.05) is 0 Å². The van der Waals surface area contributed by atoms with E-state index in [0.29, 0.717) is 0 Å². The summed E-state index contributed by atoms with van der Waals surface area (Å²) in [5, 5.41) is 3.12. The average molecular weight is 394 g/mol. The molecule has 0 atom stereocenters. The van der Waals surface area contributed by atoms with Gasteiger partial charge in [-0.15, -0.1) is 0 Å². The number of rotatable bonds is 20. The minimum atomic E-state index is 0.285. The molecular weight excluding hydrogens is 342 g/mol. The van der Waals surface area contributed by atoms with Crippen molar-refractivity contribution in [2.75, 3.05) is 6.54 Å². The summed E-state index contributed by atoms with van der Waals surface area (Å²) in [6, 6.07) is 0. The summed E-state index contributed by atoms with van der Waals surface area (Å²) >= 11 is 0. The van der Waals surface area contributed by atoms with E-state index in [1.54, 1.807) is 0 Å². The Bertz CT molecular complexity index is 335. The highest BCUT2D eigenvalue weighted by Gasteiger charge is 2.15. The van der Waals surface area contributed by atoms with E-state index in [1.165, 1.54) is 122 Å². The Morgan fingerprint density at radius 1 is 0.679 bits per heavy atom. The van der Waals surface area contributed by atoms with Crippen molar-refractivity contribution in [1.29, 1.82) is 0 Å². The first-order valence-corrected chi connectivity index (χ1v) is 13.1. The minimum absolute atomic E-state index is 0.285. The predicted molar refractivity (Wildman–Crippen MR) is 124 cm³/mol. The van der Waals surface area contributed by atoms with Crippen LogP contribution in [0.5, 0.6) is 0 Å². The monoisotopic (exact) mass is 393 g/mol. The van der Waals surface area contributed by atoms with Crippen LogP contribution in [0.4, 0.5) is 0 Å². The first-order valence-electron chi connectivity index (χ1n) is 13.1. The zero-order valence-electron chi connectivity index (χ0n) is 19.2. The molecule has 1 amide bonds. The smallest absolute Gasteiger partial charge is 0.220 e. The van der Waals surface area contributed by atoms with E-state index in [9.17, 15) is 4.79 Å². The maximum atomic E-state index is 11.8. The van der Waals surface area contributed by atoms with Crippen LogP contribution >= 0.6 is 0 Å². The number of unbranched alkanes of at least 4 members (excludes halogenated alkanes) is 15. The Labute approximate surface area is 177 Å². The summed E-state index contributed by atoms with van der Waals surface area (Å²) in [7, 11) is 0. The number of hydrogen-bond acceptors (Lipinski definition) is 1. The minimum Gasteiger partial charge on any atom is -0.356 e. The molecule has 2 nitrogen and oxygen atoms in total. The van der Waals surface area contributed by atoms with Crippen LogP contribution < -0.4 is 5.32 Å². The van der Waals surface area contributed by atoms with Gasteiger partial charge in [0, 0.05) is 13.0 Å². The molecule has 1 aliphatic carbocycles. The van der Waals surface area contributed by atoms with Crippen LogP contribution in [0.2, 0.25) is 0 Å². The maximum absolute atomic E-state index is 11.8. The largest absolute Gasteiger partial charge is 0.356 e. The van der Waals surface area contributed by atoms with Gasteiger partial charge in [0.2, 0.25) is 5.91 Å². The zero-order chi connectivity index (χ0) is 20.1. The van der Waals surface area contributed by atoms with Crippen molar-refractivity contribution >= 4 is 5.91 Å². The third-order valence-electron chi connectivity index (χ3n) is 6.61. The maximum Gasteiger partial charge on any atom is 0.220 e. The van der Waals surface area contributed by atoms with Crippen molar-refractivity contribution in [3.05, 3.63) is 0 Å². The SMILES string of the molecule is CCCCCCCCCCCCCCCCCCNC(=O)CCC1CCCC1. The van der Waals surface area contributed by atoms with Crippen LogP contribution in [0.15, 0.2) is 0 Å². The van der Waals surface area contributed by atoms with Crippen molar-refractivity contribution in [3.8, 4) is 0 Å². The molecule has 1 N–H and O–H groups in total. The van der Waals surface area contributed by atoms with E-state index in [2.05, 4.69) is 12.2 Å². The van der Waals surface area contributed by atoms with E-state index in [0.717, 1.165) is 31.7 Å². The molecule has 28 heavy (non-hydrogen) atoms. The second-order valence-corrected chi connectivity index (χ2v) is 9.34. The van der Waals surface area contributed by atoms with Gasteiger partial charge in [0.05, 0.1) is 0 Å². The Hall–Kier alpha value is -0.530. The van der Waals surface area contributed by atoms with Gasteiger partial charge in [0.25, 0.3) is 0 Å². The summed E-state index contributed by atoms with van der Waals surface area (Å²) in [4.78, 5) is 11.8. The number of nitrogens with one attached hydrogen (secondary N) is 1. The first kappa shape index (κ1) is 25.5. The molecule has 1 aliphatic rings. The summed E-state index contributed by atoms with van der Waals surface area (Å²) < 4.78 is 0. The molecule has 2 heteroatoms. The zero-order valence-corrected chi connectivity index (χ0v) is 19.2. The Kier molecular flexibility index (Phi) is 18.0. The van der Waals surface area contributed by atoms with Crippen LogP contribution in [-0.2, 0) is 4.79 Å². The standard InChI is InChI=1S/C26H51NO/c1-2-3-4-5-6-7-8-9-10-11-12-13-14-15-16-19-24-27-26(28)23-22-25-20-17-18-21-25/h25H,2-24H2,1H3,(H,27,28). The predicted octanol–water partition coefficient (Wildman–Crippen LogP) is 8.33. The van der Waals surface area contributed by atoms with E-state index >= 15 is 0 Å². The lowest BCUT2D eigenvalue weighted by atomic mass is 10.0. The fourth-order valence-electron chi connectivity index (χ4n) is 4.62. The lowest BCUT2D eigenvalue weighted by molar-refractivity contribution is -0.121. The van der Waals surface area contributed by atoms with Gasteiger partial charge in [-0.25, -0.2) is 0 Å². The molecule has 0 heterocycles. The molecule has 0 aromatic carbocycles. The van der Waals surface area contributed by atoms with Crippen molar-refractivity contribution < 1.29 is 4.79 Å². The van der Waals surface area contributed by atoms with E-state index in [-0.39, 0.29) is 5.91 Å². The van der Waals surface area contributed by atoms with Gasteiger partial charge in [-0.2, -0.15) is 0 Å². The van der Waals surface area contributed by atoms with Crippen molar-refractivity contribution in [2.45, 2.75) is 148 Å². The lowest BCUT2D eigenvalue weighted by Gasteiger charge is -2.09. The third kappa shape index (κ3) is 16.4. The Morgan fingerprint density at radius 3 is 1.57 bits per heavy atom. The fraction of sp³-hybridized carbons (Fsp3) is 0.962. The van der Waals surface area contributed by atoms with Gasteiger partial charge >= 0.3 is 0 Å². The second-order valence-electron chi connectivity index (χ2n) is 9.34. The molecule has 0 spiro atoms. The van der Waals surface area contributed by atoms with Crippen LogP contribution in [0, 0.1) is 5.92 Å². The highest BCUT2D eigenvalue weighted by Crippen LogP contribution is 2.28. The highest BCUT2D eigenvalue weighted by molar-refractivity contribution is 5.75. The van der Waals surface area contributed by atoms with Crippen molar-refractivity contribution in [3.63, 3.8) is 0 Å². The average Bonchev–Trinajstić information content (AvgIpc) is 3.22. The Balaban J connectivity index is 1.69. The topological polar surface area (TPSA) is 29.1 Å². The summed E-state index contributed by atoms with van der Waals surface area (Å²) in [5.74, 6) is 1.12. The first-order chi connectivity index (χ1) is 13.8. The lowest BCUT2D eigenvalue weighted by Crippen LogP contribution is -2.24. The quantitative estimate of drug-likeness (QED) is 0.207. The molecule has 1 saturated carbocycles. The second kappa shape index (κ2) is 19.8. The van der Waals surface area contributed by atoms with E-state index < -0.39 is 0 Å². The molecule has 166 valence electrons.